The van der Waals surface area contributed by atoms with E-state index in [0.717, 1.165) is 76.3 Å². The van der Waals surface area contributed by atoms with E-state index in [1.54, 1.807) is 0 Å². The van der Waals surface area contributed by atoms with E-state index in [1.165, 1.54) is 0 Å². The Labute approximate surface area is 142 Å². The lowest BCUT2D eigenvalue weighted by Gasteiger charge is -2.31. The van der Waals surface area contributed by atoms with Crippen LogP contribution in [-0.2, 0) is 4.79 Å². The van der Waals surface area contributed by atoms with Gasteiger partial charge in [0.25, 0.3) is 0 Å². The van der Waals surface area contributed by atoms with Crippen LogP contribution in [0.15, 0.2) is 24.4 Å². The summed E-state index contributed by atoms with van der Waals surface area (Å²) in [6.45, 7) is 5.20. The van der Waals surface area contributed by atoms with E-state index in [9.17, 15) is 4.79 Å². The van der Waals surface area contributed by atoms with Gasteiger partial charge in [-0.1, -0.05) is 6.07 Å². The summed E-state index contributed by atoms with van der Waals surface area (Å²) in [6, 6.07) is 6.04. The number of piperidine rings is 1. The third-order valence-electron chi connectivity index (χ3n) is 5.37. The Hall–Kier alpha value is -1.95. The number of fused-ring (bicyclic) bond motifs is 1. The van der Waals surface area contributed by atoms with Gasteiger partial charge in [0.2, 0.25) is 5.91 Å². The zero-order valence-electron chi connectivity index (χ0n) is 14.1. The Bertz CT molecular complexity index is 704. The van der Waals surface area contributed by atoms with E-state index >= 15 is 0 Å². The first-order valence-corrected chi connectivity index (χ1v) is 9.11. The van der Waals surface area contributed by atoms with Crippen LogP contribution in [-0.4, -0.2) is 63.0 Å². The van der Waals surface area contributed by atoms with E-state index in [2.05, 4.69) is 25.7 Å². The second-order valence-corrected chi connectivity index (χ2v) is 6.94. The first-order chi connectivity index (χ1) is 11.8. The average Bonchev–Trinajstić information content (AvgIpc) is 3.22. The number of likely N-dealkylation sites (tertiary alicyclic amines) is 2. The third-order valence-corrected chi connectivity index (χ3v) is 5.37. The van der Waals surface area contributed by atoms with Crippen molar-refractivity contribution in [2.24, 2.45) is 0 Å². The van der Waals surface area contributed by atoms with E-state index in [4.69, 9.17) is 0 Å². The van der Waals surface area contributed by atoms with Gasteiger partial charge in [-0.05, 0) is 57.5 Å². The third kappa shape index (κ3) is 3.15. The molecule has 2 aromatic rings. The van der Waals surface area contributed by atoms with E-state index in [1.807, 2.05) is 23.1 Å². The van der Waals surface area contributed by atoms with Gasteiger partial charge in [0, 0.05) is 31.6 Å². The van der Waals surface area contributed by atoms with Gasteiger partial charge in [-0.15, -0.1) is 10.2 Å². The van der Waals surface area contributed by atoms with Crippen LogP contribution in [0.3, 0.4) is 0 Å². The molecule has 2 aliphatic heterocycles. The fourth-order valence-corrected chi connectivity index (χ4v) is 3.98. The molecule has 2 fully saturated rings. The second-order valence-electron chi connectivity index (χ2n) is 6.94. The Morgan fingerprint density at radius 3 is 2.75 bits per heavy atom. The van der Waals surface area contributed by atoms with E-state index in [0.29, 0.717) is 11.8 Å². The maximum Gasteiger partial charge on any atom is 0.222 e. The maximum absolute atomic E-state index is 11.6. The molecule has 4 heterocycles. The molecule has 0 unspecified atom stereocenters. The SMILES string of the molecule is O=C1CCCN1CCCN1CCC(c2nnc3ccccn23)CC1. The number of hydrogen-bond donors (Lipinski definition) is 0. The normalized spacial score (nSPS) is 20.3. The van der Waals surface area contributed by atoms with Gasteiger partial charge in [0.05, 0.1) is 0 Å². The highest BCUT2D eigenvalue weighted by atomic mass is 16.2. The predicted octanol–water partition coefficient (Wildman–Crippen LogP) is 1.92. The van der Waals surface area contributed by atoms with Gasteiger partial charge in [0.15, 0.2) is 5.65 Å². The number of nitrogens with zero attached hydrogens (tertiary/aromatic N) is 5. The Balaban J connectivity index is 1.27. The molecule has 0 spiro atoms. The topological polar surface area (TPSA) is 53.7 Å². The first kappa shape index (κ1) is 15.6. The monoisotopic (exact) mass is 327 g/mol. The zero-order valence-corrected chi connectivity index (χ0v) is 14.1. The molecule has 0 atom stereocenters. The molecule has 24 heavy (non-hydrogen) atoms. The van der Waals surface area contributed by atoms with Crippen molar-refractivity contribution in [2.75, 3.05) is 32.7 Å². The van der Waals surface area contributed by atoms with Crippen molar-refractivity contribution in [3.8, 4) is 0 Å². The number of carbonyl (C=O) groups is 1. The van der Waals surface area contributed by atoms with E-state index in [-0.39, 0.29) is 0 Å². The average molecular weight is 327 g/mol. The number of hydrogen-bond acceptors (Lipinski definition) is 4. The van der Waals surface area contributed by atoms with Gasteiger partial charge in [-0.25, -0.2) is 0 Å². The molecule has 2 aromatic heterocycles. The number of pyridine rings is 1. The van der Waals surface area contributed by atoms with Gasteiger partial charge in [-0.3, -0.25) is 9.20 Å². The summed E-state index contributed by atoms with van der Waals surface area (Å²) in [5.41, 5.74) is 0.935. The molecule has 2 aliphatic rings. The predicted molar refractivity (Wildman–Crippen MR) is 91.8 cm³/mol. The molecule has 128 valence electrons. The lowest BCUT2D eigenvalue weighted by Crippen LogP contribution is -2.36. The highest BCUT2D eigenvalue weighted by molar-refractivity contribution is 5.77. The summed E-state index contributed by atoms with van der Waals surface area (Å²) >= 11 is 0. The first-order valence-electron chi connectivity index (χ1n) is 9.11. The maximum atomic E-state index is 11.6. The summed E-state index contributed by atoms with van der Waals surface area (Å²) in [5.74, 6) is 1.94. The molecule has 1 amide bonds. The molecule has 0 bridgehead atoms. The largest absolute Gasteiger partial charge is 0.343 e. The van der Waals surface area contributed by atoms with Gasteiger partial charge in [0.1, 0.15) is 5.82 Å². The Morgan fingerprint density at radius 2 is 1.96 bits per heavy atom. The molecule has 6 nitrogen and oxygen atoms in total. The minimum absolute atomic E-state index is 0.340. The van der Waals surface area contributed by atoms with Crippen molar-refractivity contribution in [2.45, 2.75) is 38.0 Å². The standard InChI is InChI=1S/C18H25N5O/c24-17-6-3-10-22(17)11-4-9-21-13-7-15(8-14-21)18-20-19-16-5-1-2-12-23(16)18/h1-2,5,12,15H,3-4,6-11,13-14H2. The molecule has 0 N–H and O–H groups in total. The number of carbonyl (C=O) groups excluding carboxylic acids is 1. The van der Waals surface area contributed by atoms with Crippen LogP contribution in [0, 0.1) is 0 Å². The van der Waals surface area contributed by atoms with Crippen molar-refractivity contribution in [1.82, 2.24) is 24.4 Å². The lowest BCUT2D eigenvalue weighted by molar-refractivity contribution is -0.127. The van der Waals surface area contributed by atoms with Crippen LogP contribution < -0.4 is 0 Å². The van der Waals surface area contributed by atoms with Crippen LogP contribution in [0.2, 0.25) is 0 Å². The van der Waals surface area contributed by atoms with Crippen molar-refractivity contribution in [3.05, 3.63) is 30.2 Å². The highest BCUT2D eigenvalue weighted by Gasteiger charge is 2.25. The molecular formula is C18H25N5O. The van der Waals surface area contributed by atoms with Crippen LogP contribution in [0.4, 0.5) is 0 Å². The fourth-order valence-electron chi connectivity index (χ4n) is 3.98. The smallest absolute Gasteiger partial charge is 0.222 e. The highest BCUT2D eigenvalue weighted by Crippen LogP contribution is 2.27. The van der Waals surface area contributed by atoms with Crippen LogP contribution >= 0.6 is 0 Å². The molecule has 0 aromatic carbocycles. The minimum atomic E-state index is 0.340. The molecular weight excluding hydrogens is 302 g/mol. The summed E-state index contributed by atoms with van der Waals surface area (Å²) in [7, 11) is 0. The van der Waals surface area contributed by atoms with Crippen molar-refractivity contribution in [3.63, 3.8) is 0 Å². The summed E-state index contributed by atoms with van der Waals surface area (Å²) in [4.78, 5) is 16.2. The summed E-state index contributed by atoms with van der Waals surface area (Å²) in [6.07, 6.45) is 7.21. The van der Waals surface area contributed by atoms with Gasteiger partial charge >= 0.3 is 0 Å². The summed E-state index contributed by atoms with van der Waals surface area (Å²) in [5, 5.41) is 8.69. The van der Waals surface area contributed by atoms with Crippen LogP contribution in [0.1, 0.15) is 43.8 Å². The van der Waals surface area contributed by atoms with Gasteiger partial charge < -0.3 is 9.80 Å². The summed E-state index contributed by atoms with van der Waals surface area (Å²) < 4.78 is 2.12. The molecule has 0 radical (unpaired) electrons. The Kier molecular flexibility index (Phi) is 4.47. The van der Waals surface area contributed by atoms with Crippen LogP contribution in [0.5, 0.6) is 0 Å². The molecule has 2 saturated heterocycles. The Morgan fingerprint density at radius 1 is 1.08 bits per heavy atom. The number of amides is 1. The number of aromatic nitrogens is 3. The fraction of sp³-hybridized carbons (Fsp3) is 0.611. The van der Waals surface area contributed by atoms with Crippen molar-refractivity contribution < 1.29 is 4.79 Å². The van der Waals surface area contributed by atoms with Crippen molar-refractivity contribution in [1.29, 1.82) is 0 Å². The zero-order chi connectivity index (χ0) is 16.4. The van der Waals surface area contributed by atoms with Crippen LogP contribution in [0.25, 0.3) is 5.65 Å². The second kappa shape index (κ2) is 6.89. The minimum Gasteiger partial charge on any atom is -0.343 e. The van der Waals surface area contributed by atoms with Gasteiger partial charge in [-0.2, -0.15) is 0 Å². The molecule has 0 saturated carbocycles. The molecule has 0 aliphatic carbocycles. The molecule has 4 rings (SSSR count). The van der Waals surface area contributed by atoms with E-state index < -0.39 is 0 Å². The number of rotatable bonds is 5. The quantitative estimate of drug-likeness (QED) is 0.842. The molecule has 6 heteroatoms. The lowest BCUT2D eigenvalue weighted by atomic mass is 9.96. The van der Waals surface area contributed by atoms with Crippen molar-refractivity contribution >= 4 is 11.6 Å².